The maximum atomic E-state index is 13.0. The van der Waals surface area contributed by atoms with E-state index in [1.807, 2.05) is 0 Å². The highest BCUT2D eigenvalue weighted by Gasteiger charge is 2.04. The lowest BCUT2D eigenvalue weighted by molar-refractivity contribution is 0.199. The van der Waals surface area contributed by atoms with Gasteiger partial charge in [-0.3, -0.25) is 0 Å². The monoisotopic (exact) mass is 169 g/mol. The molecule has 0 amide bonds. The summed E-state index contributed by atoms with van der Waals surface area (Å²) >= 11 is 0. The summed E-state index contributed by atoms with van der Waals surface area (Å²) in [5.74, 6) is -0.351. The van der Waals surface area contributed by atoms with Crippen LogP contribution in [-0.2, 0) is 6.54 Å². The zero-order valence-corrected chi connectivity index (χ0v) is 6.92. The summed E-state index contributed by atoms with van der Waals surface area (Å²) in [6, 6.07) is 4.58. The second-order valence-electron chi connectivity index (χ2n) is 2.73. The lowest BCUT2D eigenvalue weighted by atomic mass is 10.1. The van der Waals surface area contributed by atoms with Gasteiger partial charge in [0.25, 0.3) is 0 Å². The Morgan fingerprint density at radius 2 is 2.25 bits per heavy atom. The molecule has 0 spiro atoms. The maximum absolute atomic E-state index is 13.0. The van der Waals surface area contributed by atoms with Gasteiger partial charge in [-0.05, 0) is 18.6 Å². The first-order valence-electron chi connectivity index (χ1n) is 3.81. The molecule has 0 bridgehead atoms. The lowest BCUT2D eigenvalue weighted by Gasteiger charge is -2.06. The third-order valence-corrected chi connectivity index (χ3v) is 1.78. The average Bonchev–Trinajstić information content (AvgIpc) is 2.04. The predicted octanol–water partition coefficient (Wildman–Crippen LogP) is 1.34. The summed E-state index contributed by atoms with van der Waals surface area (Å²) in [6.45, 7) is 1.78. The van der Waals surface area contributed by atoms with Crippen molar-refractivity contribution in [2.75, 3.05) is 0 Å². The van der Waals surface area contributed by atoms with E-state index < -0.39 is 6.10 Å². The van der Waals surface area contributed by atoms with Gasteiger partial charge in [0.2, 0.25) is 0 Å². The van der Waals surface area contributed by atoms with Crippen molar-refractivity contribution in [3.05, 3.63) is 35.1 Å². The fourth-order valence-electron chi connectivity index (χ4n) is 0.989. The molecule has 0 heterocycles. The first-order valence-corrected chi connectivity index (χ1v) is 3.81. The van der Waals surface area contributed by atoms with Gasteiger partial charge in [0.05, 0.1) is 6.10 Å². The molecule has 2 nitrogen and oxygen atoms in total. The topological polar surface area (TPSA) is 46.2 Å². The summed E-state index contributed by atoms with van der Waals surface area (Å²) in [5, 5.41) is 9.11. The van der Waals surface area contributed by atoms with Crippen molar-refractivity contribution in [3.8, 4) is 0 Å². The molecule has 0 aliphatic heterocycles. The van der Waals surface area contributed by atoms with Crippen molar-refractivity contribution in [2.45, 2.75) is 19.6 Å². The Labute approximate surface area is 70.8 Å². The molecule has 0 radical (unpaired) electrons. The van der Waals surface area contributed by atoms with Gasteiger partial charge in [0, 0.05) is 12.1 Å². The van der Waals surface area contributed by atoms with E-state index in [1.165, 1.54) is 6.07 Å². The van der Waals surface area contributed by atoms with Gasteiger partial charge in [-0.2, -0.15) is 0 Å². The SMILES string of the molecule is CC(O)c1ccc(CN)c(F)c1. The number of benzene rings is 1. The average molecular weight is 169 g/mol. The highest BCUT2D eigenvalue weighted by atomic mass is 19.1. The molecule has 1 aromatic rings. The molecule has 3 heteroatoms. The van der Waals surface area contributed by atoms with E-state index in [9.17, 15) is 4.39 Å². The largest absolute Gasteiger partial charge is 0.389 e. The van der Waals surface area contributed by atoms with Crippen LogP contribution in [0.15, 0.2) is 18.2 Å². The highest BCUT2D eigenvalue weighted by molar-refractivity contribution is 5.25. The van der Waals surface area contributed by atoms with Gasteiger partial charge in [-0.25, -0.2) is 4.39 Å². The third kappa shape index (κ3) is 1.81. The summed E-state index contributed by atoms with van der Waals surface area (Å²) < 4.78 is 13.0. The Morgan fingerprint density at radius 1 is 1.58 bits per heavy atom. The summed E-state index contributed by atoms with van der Waals surface area (Å²) in [4.78, 5) is 0. The third-order valence-electron chi connectivity index (χ3n) is 1.78. The maximum Gasteiger partial charge on any atom is 0.128 e. The van der Waals surface area contributed by atoms with Gasteiger partial charge < -0.3 is 10.8 Å². The van der Waals surface area contributed by atoms with Crippen molar-refractivity contribution in [1.29, 1.82) is 0 Å². The first kappa shape index (κ1) is 9.16. The van der Waals surface area contributed by atoms with Gasteiger partial charge >= 0.3 is 0 Å². The Kier molecular flexibility index (Phi) is 2.78. The van der Waals surface area contributed by atoms with Crippen molar-refractivity contribution >= 4 is 0 Å². The fraction of sp³-hybridized carbons (Fsp3) is 0.333. The van der Waals surface area contributed by atoms with E-state index in [4.69, 9.17) is 10.8 Å². The number of aliphatic hydroxyl groups excluding tert-OH is 1. The summed E-state index contributed by atoms with van der Waals surface area (Å²) in [7, 11) is 0. The second kappa shape index (κ2) is 3.65. The molecule has 1 atom stereocenters. The smallest absolute Gasteiger partial charge is 0.128 e. The molecule has 3 N–H and O–H groups in total. The minimum absolute atomic E-state index is 0.186. The molecular weight excluding hydrogens is 157 g/mol. The summed E-state index contributed by atoms with van der Waals surface area (Å²) in [5.41, 5.74) is 6.32. The van der Waals surface area contributed by atoms with Crippen LogP contribution in [0.4, 0.5) is 4.39 Å². The van der Waals surface area contributed by atoms with Crippen molar-refractivity contribution in [3.63, 3.8) is 0 Å². The van der Waals surface area contributed by atoms with Crippen LogP contribution in [0.3, 0.4) is 0 Å². The molecule has 0 saturated heterocycles. The van der Waals surface area contributed by atoms with Crippen LogP contribution in [0.1, 0.15) is 24.2 Å². The Balaban J connectivity index is 3.02. The van der Waals surface area contributed by atoms with E-state index in [0.717, 1.165) is 0 Å². The molecule has 1 unspecified atom stereocenters. The minimum atomic E-state index is -0.633. The van der Waals surface area contributed by atoms with Crippen molar-refractivity contribution in [1.82, 2.24) is 0 Å². The molecule has 0 aliphatic carbocycles. The minimum Gasteiger partial charge on any atom is -0.389 e. The lowest BCUT2D eigenvalue weighted by Crippen LogP contribution is -2.01. The molecule has 1 rings (SSSR count). The molecule has 0 fully saturated rings. The number of rotatable bonds is 2. The zero-order chi connectivity index (χ0) is 9.14. The van der Waals surface area contributed by atoms with Crippen LogP contribution in [0.5, 0.6) is 0 Å². The van der Waals surface area contributed by atoms with E-state index in [1.54, 1.807) is 19.1 Å². The standard InChI is InChI=1S/C9H12FNO/c1-6(12)7-2-3-8(5-11)9(10)4-7/h2-4,6,12H,5,11H2,1H3. The van der Waals surface area contributed by atoms with Gasteiger partial charge in [-0.1, -0.05) is 12.1 Å². The summed E-state index contributed by atoms with van der Waals surface area (Å²) in [6.07, 6.45) is -0.633. The highest BCUT2D eigenvalue weighted by Crippen LogP contribution is 2.15. The molecule has 12 heavy (non-hydrogen) atoms. The zero-order valence-electron chi connectivity index (χ0n) is 6.92. The predicted molar refractivity (Wildman–Crippen MR) is 44.9 cm³/mol. The molecule has 0 aromatic heterocycles. The van der Waals surface area contributed by atoms with Crippen LogP contribution in [-0.4, -0.2) is 5.11 Å². The molecule has 0 aliphatic rings. The van der Waals surface area contributed by atoms with E-state index in [2.05, 4.69) is 0 Å². The number of hydrogen-bond donors (Lipinski definition) is 2. The fourth-order valence-corrected chi connectivity index (χ4v) is 0.989. The van der Waals surface area contributed by atoms with Crippen LogP contribution in [0.2, 0.25) is 0 Å². The van der Waals surface area contributed by atoms with Gasteiger partial charge in [0.1, 0.15) is 5.82 Å². The molecule has 0 saturated carbocycles. The number of hydrogen-bond acceptors (Lipinski definition) is 2. The first-order chi connectivity index (χ1) is 5.65. The molecule has 66 valence electrons. The van der Waals surface area contributed by atoms with Crippen LogP contribution < -0.4 is 5.73 Å². The second-order valence-corrected chi connectivity index (χ2v) is 2.73. The van der Waals surface area contributed by atoms with E-state index >= 15 is 0 Å². The molecule has 1 aromatic carbocycles. The van der Waals surface area contributed by atoms with E-state index in [0.29, 0.717) is 11.1 Å². The van der Waals surface area contributed by atoms with Crippen LogP contribution >= 0.6 is 0 Å². The quantitative estimate of drug-likeness (QED) is 0.701. The Hall–Kier alpha value is -0.930. The number of nitrogens with two attached hydrogens (primary N) is 1. The van der Waals surface area contributed by atoms with Crippen molar-refractivity contribution < 1.29 is 9.50 Å². The normalized spacial score (nSPS) is 13.0. The Morgan fingerprint density at radius 3 is 2.67 bits per heavy atom. The van der Waals surface area contributed by atoms with Gasteiger partial charge in [-0.15, -0.1) is 0 Å². The number of halogens is 1. The van der Waals surface area contributed by atoms with E-state index in [-0.39, 0.29) is 12.4 Å². The number of aliphatic hydroxyl groups is 1. The van der Waals surface area contributed by atoms with Crippen LogP contribution in [0.25, 0.3) is 0 Å². The Bertz CT molecular complexity index is 273. The van der Waals surface area contributed by atoms with Crippen molar-refractivity contribution in [2.24, 2.45) is 5.73 Å². The van der Waals surface area contributed by atoms with Gasteiger partial charge in [0.15, 0.2) is 0 Å². The van der Waals surface area contributed by atoms with Crippen LogP contribution in [0, 0.1) is 5.82 Å². The molecular formula is C9H12FNO.